The first-order valence-electron chi connectivity index (χ1n) is 13.3. The van der Waals surface area contributed by atoms with Crippen LogP contribution in [0.25, 0.3) is 0 Å². The molecule has 1 fully saturated rings. The molecule has 0 saturated carbocycles. The molecule has 1 saturated heterocycles. The Morgan fingerprint density at radius 2 is 1.18 bits per heavy atom. The third-order valence-corrected chi connectivity index (χ3v) is 7.48. The van der Waals surface area contributed by atoms with Crippen molar-refractivity contribution in [2.24, 2.45) is 0 Å². The molecule has 202 valence electrons. The van der Waals surface area contributed by atoms with E-state index in [9.17, 15) is 0 Å². The fourth-order valence-electron chi connectivity index (χ4n) is 4.92. The van der Waals surface area contributed by atoms with Crippen molar-refractivity contribution in [3.63, 3.8) is 0 Å². The van der Waals surface area contributed by atoms with Crippen LogP contribution < -0.4 is 20.5 Å². The number of para-hydroxylation sites is 2. The molecule has 4 aromatic carbocycles. The van der Waals surface area contributed by atoms with E-state index in [-0.39, 0.29) is 25.7 Å². The van der Waals surface area contributed by atoms with Crippen LogP contribution in [0, 0.1) is 19.9 Å². The molecular formula is C32H35B2N2O2Pd-. The van der Waals surface area contributed by atoms with E-state index in [2.05, 4.69) is 139 Å². The molecule has 5 rings (SSSR count). The van der Waals surface area contributed by atoms with E-state index in [0.29, 0.717) is 6.42 Å². The molecule has 39 heavy (non-hydrogen) atoms. The van der Waals surface area contributed by atoms with Gasteiger partial charge in [-0.3, -0.25) is 0 Å². The van der Waals surface area contributed by atoms with Gasteiger partial charge in [0, 0.05) is 0 Å². The van der Waals surface area contributed by atoms with Crippen molar-refractivity contribution in [3.8, 4) is 0 Å². The van der Waals surface area contributed by atoms with Crippen LogP contribution in [0.3, 0.4) is 0 Å². The normalized spacial score (nSPS) is 14.7. The summed E-state index contributed by atoms with van der Waals surface area (Å²) < 4.78 is 1.05. The topological polar surface area (TPSA) is 46.9 Å². The summed E-state index contributed by atoms with van der Waals surface area (Å²) in [7, 11) is 0. The second-order valence-electron chi connectivity index (χ2n) is 10.2. The van der Waals surface area contributed by atoms with Gasteiger partial charge in [0.05, 0.1) is 12.2 Å². The van der Waals surface area contributed by atoms with Gasteiger partial charge in [0.2, 0.25) is 0 Å². The van der Waals surface area contributed by atoms with Crippen molar-refractivity contribution in [3.05, 3.63) is 120 Å². The van der Waals surface area contributed by atoms with E-state index in [1.54, 1.807) is 13.8 Å². The Kier molecular flexibility index (Phi) is 10.00. The molecule has 2 atom stereocenters. The zero-order chi connectivity index (χ0) is 27.9. The molecule has 2 unspecified atom stereocenters. The van der Waals surface area contributed by atoms with Crippen molar-refractivity contribution < 1.29 is 29.0 Å². The average Bonchev–Trinajstić information content (AvgIpc) is 3.23. The number of hydrogen-bond acceptors (Lipinski definition) is 4. The van der Waals surface area contributed by atoms with Gasteiger partial charge >= 0.3 is 203 Å². The van der Waals surface area contributed by atoms with Crippen molar-refractivity contribution in [2.45, 2.75) is 46.3 Å². The van der Waals surface area contributed by atoms with Crippen LogP contribution in [0.15, 0.2) is 103 Å². The van der Waals surface area contributed by atoms with Gasteiger partial charge in [-0.25, -0.2) is 0 Å². The standard InChI is InChI=1S/C27H23B2N2.C5H12O2.Pd/c1-22-13-17-24(18-14-22)28-29(25-19-15-23(2)16-20-25)31(27-11-7-4-8-12-27)21-30(28)26-9-5-3-6-10-26;1-4(6)3-5(2)7;/h3-11,13-20H,1-2H3;4-7H,3H2,1-2H3;/q-1;;. The summed E-state index contributed by atoms with van der Waals surface area (Å²) in [6.45, 7) is 7.78. The molecule has 4 nitrogen and oxygen atoms in total. The van der Waals surface area contributed by atoms with Gasteiger partial charge in [-0.15, -0.1) is 0 Å². The fraction of sp³-hybridized carbons (Fsp3) is 0.219. The molecule has 0 amide bonds. The first-order chi connectivity index (χ1) is 18.8. The predicted molar refractivity (Wildman–Crippen MR) is 163 cm³/mol. The van der Waals surface area contributed by atoms with Crippen molar-refractivity contribution in [1.82, 2.24) is 0 Å². The minimum absolute atomic E-state index is 0.0849. The van der Waals surface area contributed by atoms with Crippen molar-refractivity contribution >= 4 is 40.0 Å². The monoisotopic (exact) mass is 607 g/mol. The van der Waals surface area contributed by atoms with Crippen LogP contribution in [0.4, 0.5) is 11.4 Å². The van der Waals surface area contributed by atoms with Crippen LogP contribution in [-0.4, -0.2) is 40.1 Å². The summed E-state index contributed by atoms with van der Waals surface area (Å²) >= 11 is 3.64. The number of benzene rings is 4. The summed E-state index contributed by atoms with van der Waals surface area (Å²) in [4.78, 5) is 4.80. The van der Waals surface area contributed by atoms with E-state index < -0.39 is 0 Å². The molecule has 0 aliphatic carbocycles. The van der Waals surface area contributed by atoms with E-state index in [1.807, 2.05) is 12.1 Å². The maximum absolute atomic E-state index is 8.56. The summed E-state index contributed by atoms with van der Waals surface area (Å²) in [6.07, 6.45) is -0.278. The number of hydrogen-bond donors (Lipinski definition) is 2. The number of anilines is 2. The summed E-state index contributed by atoms with van der Waals surface area (Å²) in [5.74, 6) is 0. The third kappa shape index (κ3) is 7.18. The van der Waals surface area contributed by atoms with Crippen molar-refractivity contribution in [1.29, 1.82) is 0 Å². The van der Waals surface area contributed by atoms with E-state index in [4.69, 9.17) is 10.2 Å². The first kappa shape index (κ1) is 29.1. The van der Waals surface area contributed by atoms with Gasteiger partial charge in [0.1, 0.15) is 0 Å². The zero-order valence-corrected chi connectivity index (χ0v) is 24.5. The van der Waals surface area contributed by atoms with Gasteiger partial charge in [-0.1, -0.05) is 0 Å². The molecule has 0 aromatic heterocycles. The van der Waals surface area contributed by atoms with Crippen LogP contribution in [-0.2, 0) is 18.7 Å². The number of aryl methyl sites for hydroxylation is 2. The van der Waals surface area contributed by atoms with Crippen LogP contribution in [0.2, 0.25) is 0 Å². The fourth-order valence-corrected chi connectivity index (χ4v) is 5.74. The summed E-state index contributed by atoms with van der Waals surface area (Å²) in [5.41, 5.74) is 7.31. The van der Waals surface area contributed by atoms with Crippen molar-refractivity contribution in [2.75, 3.05) is 9.62 Å². The molecule has 7 heteroatoms. The zero-order valence-electron chi connectivity index (χ0n) is 22.9. The van der Waals surface area contributed by atoms with Gasteiger partial charge in [0.25, 0.3) is 0 Å². The number of aliphatic hydroxyl groups is 2. The Hall–Kier alpha value is -2.94. The van der Waals surface area contributed by atoms with Crippen LogP contribution in [0.5, 0.6) is 0 Å². The predicted octanol–water partition coefficient (Wildman–Crippen LogP) is 4.08. The molecular weight excluding hydrogens is 572 g/mol. The number of aliphatic hydroxyl groups excluding tert-OH is 2. The molecule has 1 heterocycles. The maximum atomic E-state index is 8.56. The molecule has 1 aliphatic rings. The SMILES string of the molecule is CC(O)CC(C)O.Cc1ccc(B2B(c3ccc(C)cc3)N(c3ccccc3)[C](=[Pd])N2c2[c-]cccc2)cc1. The van der Waals surface area contributed by atoms with Gasteiger partial charge in [-0.2, -0.15) is 0 Å². The number of nitrogens with zero attached hydrogens (tertiary/aromatic N) is 2. The second-order valence-corrected chi connectivity index (χ2v) is 10.9. The van der Waals surface area contributed by atoms with E-state index in [0.717, 1.165) is 15.6 Å². The average molecular weight is 608 g/mol. The summed E-state index contributed by atoms with van der Waals surface area (Å²) in [5, 5.41) is 17.1. The molecule has 0 radical (unpaired) electrons. The number of rotatable bonds is 6. The Balaban J connectivity index is 0.000000448. The van der Waals surface area contributed by atoms with E-state index in [1.165, 1.54) is 22.1 Å². The van der Waals surface area contributed by atoms with Gasteiger partial charge in [0.15, 0.2) is 0 Å². The Bertz CT molecular complexity index is 1230. The minimum atomic E-state index is -0.375. The Morgan fingerprint density at radius 3 is 1.62 bits per heavy atom. The summed E-state index contributed by atoms with van der Waals surface area (Å²) in [6, 6.07) is 40.2. The Labute approximate surface area is 244 Å². The second kappa shape index (κ2) is 13.4. The van der Waals surface area contributed by atoms with E-state index >= 15 is 0 Å². The molecule has 1 aliphatic heterocycles. The first-order valence-corrected chi connectivity index (χ1v) is 14.1. The third-order valence-electron chi connectivity index (χ3n) is 6.73. The Morgan fingerprint density at radius 1 is 0.692 bits per heavy atom. The molecule has 0 bridgehead atoms. The van der Waals surface area contributed by atoms with Gasteiger partial charge < -0.3 is 10.2 Å². The van der Waals surface area contributed by atoms with Crippen LogP contribution in [0.1, 0.15) is 31.4 Å². The molecule has 0 spiro atoms. The van der Waals surface area contributed by atoms with Crippen LogP contribution >= 0.6 is 0 Å². The quantitative estimate of drug-likeness (QED) is 0.256. The molecule has 4 aromatic rings. The molecule has 2 N–H and O–H groups in total. The van der Waals surface area contributed by atoms with Gasteiger partial charge in [-0.05, 0) is 20.3 Å².